The molecule has 2 heteroatoms. The van der Waals surface area contributed by atoms with Crippen molar-refractivity contribution in [3.05, 3.63) is 234 Å². The van der Waals surface area contributed by atoms with Crippen LogP contribution < -0.4 is 4.90 Å². The van der Waals surface area contributed by atoms with Crippen LogP contribution in [0.1, 0.15) is 40.7 Å². The van der Waals surface area contributed by atoms with E-state index in [-0.39, 0.29) is 5.41 Å². The fourth-order valence-electron chi connectivity index (χ4n) is 10.4. The normalized spacial score (nSPS) is 14.5. The molecule has 9 aromatic rings. The summed E-state index contributed by atoms with van der Waals surface area (Å²) in [4.78, 5) is 2.46. The van der Waals surface area contributed by atoms with Crippen LogP contribution in [-0.4, -0.2) is 4.57 Å². The Hall–Kier alpha value is -7.16. The summed E-state index contributed by atoms with van der Waals surface area (Å²) in [6.45, 7) is 0. The minimum Gasteiger partial charge on any atom is -0.313 e. The Labute approximate surface area is 332 Å². The second-order valence-corrected chi connectivity index (χ2v) is 15.5. The third-order valence-electron chi connectivity index (χ3n) is 12.7. The van der Waals surface area contributed by atoms with Crippen molar-refractivity contribution in [3.8, 4) is 22.3 Å². The van der Waals surface area contributed by atoms with Gasteiger partial charge in [-0.3, -0.25) is 0 Å². The Balaban J connectivity index is 0.982. The van der Waals surface area contributed by atoms with Crippen molar-refractivity contribution in [1.29, 1.82) is 0 Å². The number of hydrogen-bond donors (Lipinski definition) is 0. The van der Waals surface area contributed by atoms with Crippen LogP contribution in [0.25, 0.3) is 55.3 Å². The summed E-state index contributed by atoms with van der Waals surface area (Å²) in [6, 6.07) is 71.8. The maximum atomic E-state index is 2.46. The summed E-state index contributed by atoms with van der Waals surface area (Å²) in [5.41, 5.74) is 20.3. The van der Waals surface area contributed by atoms with Crippen LogP contribution in [0, 0.1) is 0 Å². The van der Waals surface area contributed by atoms with Crippen molar-refractivity contribution in [2.45, 2.75) is 18.3 Å². The first-order valence-electron chi connectivity index (χ1n) is 20.1. The van der Waals surface area contributed by atoms with E-state index < -0.39 is 0 Å². The summed E-state index contributed by atoms with van der Waals surface area (Å²) in [6.07, 6.45) is 6.64. The number of rotatable bonds is 5. The van der Waals surface area contributed by atoms with Gasteiger partial charge in [-0.15, -0.1) is 0 Å². The average molecular weight is 727 g/mol. The molecular weight excluding hydrogens is 689 g/mol. The summed E-state index contributed by atoms with van der Waals surface area (Å²) in [5.74, 6) is 0. The van der Waals surface area contributed by atoms with E-state index in [4.69, 9.17) is 0 Å². The standard InChI is InChI=1S/C55H38N2/c1-2-15-39(16-3-1)56(40-33-29-37(30-34-40)38-31-35-41(36-32-38)57-51-26-12-7-19-44(51)45-20-8-13-27-52(45)57)53-28-14-25-50-54(53)46-21-6-11-24-49(46)55(50)47-22-9-4-17-42(47)43-18-5-10-23-48(43)55/h1-31,33-35H,32,36H2. The summed E-state index contributed by atoms with van der Waals surface area (Å²) >= 11 is 0. The maximum absolute atomic E-state index is 2.46. The summed E-state index contributed by atoms with van der Waals surface area (Å²) < 4.78 is 2.46. The van der Waals surface area contributed by atoms with Gasteiger partial charge in [0.1, 0.15) is 0 Å². The van der Waals surface area contributed by atoms with E-state index in [1.54, 1.807) is 0 Å². The molecule has 0 saturated heterocycles. The molecule has 0 amide bonds. The van der Waals surface area contributed by atoms with E-state index in [9.17, 15) is 0 Å². The minimum atomic E-state index is -0.388. The molecule has 0 fully saturated rings. The Bertz CT molecular complexity index is 3020. The van der Waals surface area contributed by atoms with Crippen LogP contribution in [0.2, 0.25) is 0 Å². The van der Waals surface area contributed by atoms with Crippen LogP contribution in [-0.2, 0) is 5.41 Å². The van der Waals surface area contributed by atoms with Gasteiger partial charge in [0, 0.05) is 33.4 Å². The first-order chi connectivity index (χ1) is 28.3. The zero-order valence-electron chi connectivity index (χ0n) is 31.4. The maximum Gasteiger partial charge on any atom is 0.0726 e. The molecule has 12 rings (SSSR count). The quantitative estimate of drug-likeness (QED) is 0.171. The monoisotopic (exact) mass is 726 g/mol. The van der Waals surface area contributed by atoms with Crippen LogP contribution >= 0.6 is 0 Å². The van der Waals surface area contributed by atoms with Crippen molar-refractivity contribution >= 4 is 50.1 Å². The number of hydrogen-bond acceptors (Lipinski definition) is 1. The Morgan fingerprint density at radius 2 is 0.930 bits per heavy atom. The highest BCUT2D eigenvalue weighted by atomic mass is 15.1. The SMILES string of the molecule is C1=C(c2ccc(N(c3ccccc3)c3cccc4c3-c3ccccc3C43c4ccccc4-c4ccccc43)cc2)CCC(n2c3ccccc3c3ccccc32)=C1. The summed E-state index contributed by atoms with van der Waals surface area (Å²) in [7, 11) is 0. The molecule has 0 atom stereocenters. The molecule has 57 heavy (non-hydrogen) atoms. The first kappa shape index (κ1) is 32.1. The Morgan fingerprint density at radius 3 is 1.56 bits per heavy atom. The predicted octanol–water partition coefficient (Wildman–Crippen LogP) is 14.3. The van der Waals surface area contributed by atoms with Crippen molar-refractivity contribution in [2.24, 2.45) is 0 Å². The van der Waals surface area contributed by atoms with Crippen LogP contribution in [0.15, 0.2) is 206 Å². The van der Waals surface area contributed by atoms with E-state index in [2.05, 4.69) is 216 Å². The molecule has 1 aromatic heterocycles. The van der Waals surface area contributed by atoms with Crippen molar-refractivity contribution < 1.29 is 0 Å². The van der Waals surface area contributed by atoms with Crippen LogP contribution in [0.3, 0.4) is 0 Å². The fourth-order valence-corrected chi connectivity index (χ4v) is 10.4. The molecule has 0 aliphatic heterocycles. The number of allylic oxidation sites excluding steroid dienone is 4. The zero-order chi connectivity index (χ0) is 37.5. The van der Waals surface area contributed by atoms with E-state index in [1.807, 2.05) is 0 Å². The molecule has 1 heterocycles. The smallest absolute Gasteiger partial charge is 0.0726 e. The van der Waals surface area contributed by atoms with Gasteiger partial charge < -0.3 is 9.47 Å². The van der Waals surface area contributed by atoms with Gasteiger partial charge in [-0.05, 0) is 111 Å². The number of anilines is 3. The fraction of sp³-hybridized carbons (Fsp3) is 0.0545. The second-order valence-electron chi connectivity index (χ2n) is 15.5. The third-order valence-corrected chi connectivity index (χ3v) is 12.7. The lowest BCUT2D eigenvalue weighted by molar-refractivity contribution is 0.794. The molecule has 268 valence electrons. The number of nitrogens with zero attached hydrogens (tertiary/aromatic N) is 2. The lowest BCUT2D eigenvalue weighted by atomic mass is 9.70. The topological polar surface area (TPSA) is 8.17 Å². The molecule has 3 aliphatic rings. The first-order valence-corrected chi connectivity index (χ1v) is 20.1. The van der Waals surface area contributed by atoms with E-state index in [0.29, 0.717) is 0 Å². The highest BCUT2D eigenvalue weighted by Crippen LogP contribution is 2.64. The van der Waals surface area contributed by atoms with Crippen LogP contribution in [0.4, 0.5) is 17.1 Å². The van der Waals surface area contributed by atoms with Crippen molar-refractivity contribution in [3.63, 3.8) is 0 Å². The van der Waals surface area contributed by atoms with E-state index in [0.717, 1.165) is 24.2 Å². The lowest BCUT2D eigenvalue weighted by Gasteiger charge is -2.31. The van der Waals surface area contributed by atoms with Gasteiger partial charge in [0.05, 0.1) is 22.1 Å². The molecule has 8 aromatic carbocycles. The second kappa shape index (κ2) is 12.4. The lowest BCUT2D eigenvalue weighted by Crippen LogP contribution is -2.26. The molecule has 0 saturated carbocycles. The van der Waals surface area contributed by atoms with Crippen LogP contribution in [0.5, 0.6) is 0 Å². The number of aromatic nitrogens is 1. The molecule has 0 bridgehead atoms. The summed E-state index contributed by atoms with van der Waals surface area (Å²) in [5, 5.41) is 2.62. The van der Waals surface area contributed by atoms with Crippen molar-refractivity contribution in [2.75, 3.05) is 4.90 Å². The minimum absolute atomic E-state index is 0.388. The van der Waals surface area contributed by atoms with Gasteiger partial charge in [0.2, 0.25) is 0 Å². The van der Waals surface area contributed by atoms with Gasteiger partial charge in [0.15, 0.2) is 0 Å². The molecule has 3 aliphatic carbocycles. The number of fused-ring (bicyclic) bond motifs is 13. The van der Waals surface area contributed by atoms with Gasteiger partial charge in [-0.25, -0.2) is 0 Å². The molecule has 0 radical (unpaired) electrons. The largest absolute Gasteiger partial charge is 0.313 e. The van der Waals surface area contributed by atoms with E-state index >= 15 is 0 Å². The van der Waals surface area contributed by atoms with E-state index in [1.165, 1.54) is 88.8 Å². The molecule has 0 N–H and O–H groups in total. The molecule has 0 unspecified atom stereocenters. The van der Waals surface area contributed by atoms with Gasteiger partial charge in [0.25, 0.3) is 0 Å². The number of benzene rings is 8. The van der Waals surface area contributed by atoms with Crippen molar-refractivity contribution in [1.82, 2.24) is 4.57 Å². The van der Waals surface area contributed by atoms with Gasteiger partial charge in [-0.1, -0.05) is 158 Å². The Kier molecular flexibility index (Phi) is 7.00. The Morgan fingerprint density at radius 1 is 0.404 bits per heavy atom. The molecule has 1 spiro atoms. The zero-order valence-corrected chi connectivity index (χ0v) is 31.4. The average Bonchev–Trinajstić information content (AvgIpc) is 3.90. The van der Waals surface area contributed by atoms with Gasteiger partial charge >= 0.3 is 0 Å². The van der Waals surface area contributed by atoms with Gasteiger partial charge in [-0.2, -0.15) is 0 Å². The third kappa shape index (κ3) is 4.53. The highest BCUT2D eigenvalue weighted by molar-refractivity contribution is 6.10. The highest BCUT2D eigenvalue weighted by Gasteiger charge is 2.52. The molecule has 2 nitrogen and oxygen atoms in total. The predicted molar refractivity (Wildman–Crippen MR) is 238 cm³/mol. The number of para-hydroxylation sites is 3. The molecular formula is C55H38N2.